The van der Waals surface area contributed by atoms with Crippen LogP contribution in [-0.2, 0) is 11.2 Å². The zero-order chi connectivity index (χ0) is 14.8. The first-order valence-electron chi connectivity index (χ1n) is 7.19. The van der Waals surface area contributed by atoms with Crippen LogP contribution in [0.15, 0.2) is 48.5 Å². The van der Waals surface area contributed by atoms with Crippen molar-refractivity contribution in [1.82, 2.24) is 4.90 Å². The van der Waals surface area contributed by atoms with Gasteiger partial charge in [0.2, 0.25) is 0 Å². The Bertz CT molecular complexity index is 652. The number of ether oxygens (including phenoxy) is 1. The zero-order valence-corrected chi connectivity index (χ0v) is 12.4. The second kappa shape index (κ2) is 5.60. The van der Waals surface area contributed by atoms with E-state index in [2.05, 4.69) is 37.3 Å². The van der Waals surface area contributed by atoms with E-state index >= 15 is 0 Å². The van der Waals surface area contributed by atoms with Crippen LogP contribution in [0.25, 0.3) is 0 Å². The minimum Gasteiger partial charge on any atom is -0.453 e. The van der Waals surface area contributed by atoms with E-state index in [-0.39, 0.29) is 12.1 Å². The lowest BCUT2D eigenvalue weighted by atomic mass is 9.87. The number of amides is 1. The van der Waals surface area contributed by atoms with Gasteiger partial charge in [0.25, 0.3) is 0 Å². The topological polar surface area (TPSA) is 29.5 Å². The average molecular weight is 281 g/mol. The number of hydrogen-bond donors (Lipinski definition) is 0. The number of methoxy groups -OCH3 is 1. The predicted molar refractivity (Wildman–Crippen MR) is 82.3 cm³/mol. The molecule has 0 saturated heterocycles. The Labute approximate surface area is 125 Å². The van der Waals surface area contributed by atoms with Gasteiger partial charge in [-0.25, -0.2) is 4.79 Å². The number of carbonyl (C=O) groups is 1. The van der Waals surface area contributed by atoms with Gasteiger partial charge in [0.05, 0.1) is 13.2 Å². The van der Waals surface area contributed by atoms with E-state index in [1.165, 1.54) is 23.8 Å². The Morgan fingerprint density at radius 2 is 1.95 bits per heavy atom. The maximum Gasteiger partial charge on any atom is 0.410 e. The van der Waals surface area contributed by atoms with Crippen molar-refractivity contribution in [3.63, 3.8) is 0 Å². The van der Waals surface area contributed by atoms with Crippen molar-refractivity contribution in [3.05, 3.63) is 70.8 Å². The summed E-state index contributed by atoms with van der Waals surface area (Å²) in [4.78, 5) is 13.9. The zero-order valence-electron chi connectivity index (χ0n) is 12.4. The number of benzene rings is 2. The number of carbonyl (C=O) groups excluding carboxylic acids is 1. The summed E-state index contributed by atoms with van der Waals surface area (Å²) in [6.07, 6.45) is 0.602. The molecule has 1 unspecified atom stereocenters. The molecule has 1 aliphatic heterocycles. The summed E-state index contributed by atoms with van der Waals surface area (Å²) in [6.45, 7) is 2.78. The molecule has 1 atom stereocenters. The molecule has 0 N–H and O–H groups in total. The number of fused-ring (bicyclic) bond motifs is 1. The van der Waals surface area contributed by atoms with Crippen LogP contribution in [0.4, 0.5) is 4.79 Å². The van der Waals surface area contributed by atoms with E-state index in [1.54, 1.807) is 0 Å². The van der Waals surface area contributed by atoms with Crippen molar-refractivity contribution in [2.75, 3.05) is 13.7 Å². The molecule has 0 radical (unpaired) electrons. The molecule has 0 fully saturated rings. The minimum atomic E-state index is -0.268. The summed E-state index contributed by atoms with van der Waals surface area (Å²) in [5.41, 5.74) is 4.90. The third-order valence-electron chi connectivity index (χ3n) is 4.05. The van der Waals surface area contributed by atoms with Gasteiger partial charge in [0.1, 0.15) is 0 Å². The minimum absolute atomic E-state index is 0.0667. The van der Waals surface area contributed by atoms with E-state index in [9.17, 15) is 4.79 Å². The molecule has 3 rings (SSSR count). The van der Waals surface area contributed by atoms with Crippen LogP contribution in [0.1, 0.15) is 28.3 Å². The molecule has 0 saturated carbocycles. The lowest BCUT2D eigenvalue weighted by Crippen LogP contribution is -2.40. The molecular weight excluding hydrogens is 262 g/mol. The Balaban J connectivity index is 2.11. The lowest BCUT2D eigenvalue weighted by molar-refractivity contribution is 0.109. The number of rotatable bonds is 1. The van der Waals surface area contributed by atoms with Crippen LogP contribution in [0, 0.1) is 6.92 Å². The monoisotopic (exact) mass is 281 g/mol. The fourth-order valence-electron chi connectivity index (χ4n) is 3.06. The van der Waals surface area contributed by atoms with Crippen LogP contribution in [0.5, 0.6) is 0 Å². The van der Waals surface area contributed by atoms with Crippen molar-refractivity contribution < 1.29 is 9.53 Å². The normalized spacial score (nSPS) is 17.2. The average Bonchev–Trinajstić information content (AvgIpc) is 2.53. The molecule has 0 bridgehead atoms. The van der Waals surface area contributed by atoms with E-state index in [0.29, 0.717) is 6.54 Å². The molecule has 1 amide bonds. The summed E-state index contributed by atoms with van der Waals surface area (Å²) >= 11 is 0. The Morgan fingerprint density at radius 1 is 1.19 bits per heavy atom. The predicted octanol–water partition coefficient (Wildman–Crippen LogP) is 3.71. The summed E-state index contributed by atoms with van der Waals surface area (Å²) in [5, 5.41) is 0. The molecular formula is C18H19NO2. The molecule has 1 aliphatic rings. The molecule has 0 aliphatic carbocycles. The highest BCUT2D eigenvalue weighted by Crippen LogP contribution is 2.35. The molecule has 108 valence electrons. The van der Waals surface area contributed by atoms with Gasteiger partial charge in [0, 0.05) is 6.54 Å². The van der Waals surface area contributed by atoms with Crippen molar-refractivity contribution in [2.24, 2.45) is 0 Å². The smallest absolute Gasteiger partial charge is 0.410 e. The van der Waals surface area contributed by atoms with Gasteiger partial charge in [-0.15, -0.1) is 0 Å². The molecule has 0 aromatic heterocycles. The largest absolute Gasteiger partial charge is 0.453 e. The summed E-state index contributed by atoms with van der Waals surface area (Å²) in [7, 11) is 1.44. The van der Waals surface area contributed by atoms with Crippen LogP contribution in [0.3, 0.4) is 0 Å². The fraction of sp³-hybridized carbons (Fsp3) is 0.278. The van der Waals surface area contributed by atoms with Crippen LogP contribution >= 0.6 is 0 Å². The van der Waals surface area contributed by atoms with Gasteiger partial charge < -0.3 is 4.74 Å². The standard InChI is InChI=1S/C18H19NO2/c1-13-8-9-16-15(12-13)10-11-19(18(20)21-2)17(16)14-6-4-3-5-7-14/h3-9,12,17H,10-11H2,1-2H3. The number of aryl methyl sites for hydroxylation is 1. The van der Waals surface area contributed by atoms with Gasteiger partial charge in [-0.05, 0) is 30.0 Å². The molecule has 21 heavy (non-hydrogen) atoms. The molecule has 2 aromatic carbocycles. The lowest BCUT2D eigenvalue weighted by Gasteiger charge is -2.36. The number of nitrogens with zero attached hydrogens (tertiary/aromatic N) is 1. The van der Waals surface area contributed by atoms with E-state index < -0.39 is 0 Å². The van der Waals surface area contributed by atoms with Crippen molar-refractivity contribution in [2.45, 2.75) is 19.4 Å². The molecule has 1 heterocycles. The molecule has 0 spiro atoms. The van der Waals surface area contributed by atoms with Gasteiger partial charge in [0.15, 0.2) is 0 Å². The van der Waals surface area contributed by atoms with Crippen molar-refractivity contribution >= 4 is 6.09 Å². The Morgan fingerprint density at radius 3 is 2.67 bits per heavy atom. The summed E-state index contributed by atoms with van der Waals surface area (Å²) in [6, 6.07) is 16.5. The van der Waals surface area contributed by atoms with Gasteiger partial charge in [-0.3, -0.25) is 4.90 Å². The highest BCUT2D eigenvalue weighted by atomic mass is 16.5. The van der Waals surface area contributed by atoms with E-state index in [0.717, 1.165) is 12.0 Å². The Kier molecular flexibility index (Phi) is 3.65. The maximum atomic E-state index is 12.1. The van der Waals surface area contributed by atoms with E-state index in [1.807, 2.05) is 23.1 Å². The second-order valence-electron chi connectivity index (χ2n) is 5.43. The quantitative estimate of drug-likeness (QED) is 0.797. The van der Waals surface area contributed by atoms with Crippen LogP contribution in [0.2, 0.25) is 0 Å². The third kappa shape index (κ3) is 2.51. The highest BCUT2D eigenvalue weighted by molar-refractivity contribution is 5.70. The third-order valence-corrected chi connectivity index (χ3v) is 4.05. The first kappa shape index (κ1) is 13.7. The van der Waals surface area contributed by atoms with Crippen molar-refractivity contribution in [1.29, 1.82) is 0 Å². The second-order valence-corrected chi connectivity index (χ2v) is 5.43. The van der Waals surface area contributed by atoms with Gasteiger partial charge in [-0.1, -0.05) is 54.1 Å². The SMILES string of the molecule is COC(=O)N1CCc2cc(C)ccc2C1c1ccccc1. The summed E-state index contributed by atoms with van der Waals surface area (Å²) in [5.74, 6) is 0. The summed E-state index contributed by atoms with van der Waals surface area (Å²) < 4.78 is 4.97. The maximum absolute atomic E-state index is 12.1. The van der Waals surface area contributed by atoms with Gasteiger partial charge >= 0.3 is 6.09 Å². The highest BCUT2D eigenvalue weighted by Gasteiger charge is 2.32. The van der Waals surface area contributed by atoms with Crippen LogP contribution < -0.4 is 0 Å². The first-order valence-corrected chi connectivity index (χ1v) is 7.19. The van der Waals surface area contributed by atoms with Crippen LogP contribution in [-0.4, -0.2) is 24.6 Å². The van der Waals surface area contributed by atoms with E-state index in [4.69, 9.17) is 4.74 Å². The van der Waals surface area contributed by atoms with Crippen molar-refractivity contribution in [3.8, 4) is 0 Å². The number of hydrogen-bond acceptors (Lipinski definition) is 2. The fourth-order valence-corrected chi connectivity index (χ4v) is 3.06. The molecule has 3 heteroatoms. The Hall–Kier alpha value is -2.29. The van der Waals surface area contributed by atoms with Gasteiger partial charge in [-0.2, -0.15) is 0 Å². The first-order chi connectivity index (χ1) is 10.2. The molecule has 3 nitrogen and oxygen atoms in total. The molecule has 2 aromatic rings.